The van der Waals surface area contributed by atoms with Gasteiger partial charge in [0.25, 0.3) is 10.1 Å². The smallest absolute Gasteiger partial charge is 0.264 e. The van der Waals surface area contributed by atoms with Crippen LogP contribution in [0.5, 0.6) is 0 Å². The molecule has 1 aromatic carbocycles. The Morgan fingerprint density at radius 2 is 2.05 bits per heavy atom. The van der Waals surface area contributed by atoms with E-state index in [9.17, 15) is 8.42 Å². The van der Waals surface area contributed by atoms with Crippen molar-refractivity contribution in [1.29, 1.82) is 0 Å². The summed E-state index contributed by atoms with van der Waals surface area (Å²) in [5, 5.41) is 0. The van der Waals surface area contributed by atoms with Crippen molar-refractivity contribution in [3.8, 4) is 0 Å². The van der Waals surface area contributed by atoms with Crippen LogP contribution in [-0.2, 0) is 16.5 Å². The van der Waals surface area contributed by atoms with Crippen LogP contribution in [0.1, 0.15) is 12.0 Å². The number of allylic oxidation sites excluding steroid dienone is 1. The van der Waals surface area contributed by atoms with Gasteiger partial charge < -0.3 is 4.90 Å². The average Bonchev–Trinajstić information content (AvgIpc) is 2.33. The van der Waals surface area contributed by atoms with Crippen molar-refractivity contribution >= 4 is 47.7 Å². The van der Waals surface area contributed by atoms with Crippen molar-refractivity contribution in [3.63, 3.8) is 0 Å². The quantitative estimate of drug-likeness (QED) is 0.773. The van der Waals surface area contributed by atoms with Gasteiger partial charge in [0, 0.05) is 27.4 Å². The highest BCUT2D eigenvalue weighted by molar-refractivity contribution is 9.13. The number of halogens is 2. The van der Waals surface area contributed by atoms with Crippen LogP contribution in [0.3, 0.4) is 0 Å². The molecule has 19 heavy (non-hydrogen) atoms. The summed E-state index contributed by atoms with van der Waals surface area (Å²) in [5.74, 6) is -0.218. The van der Waals surface area contributed by atoms with Crippen molar-refractivity contribution in [3.05, 3.63) is 38.9 Å². The van der Waals surface area contributed by atoms with E-state index in [1.54, 1.807) is 0 Å². The molecule has 0 aliphatic carbocycles. The zero-order valence-corrected chi connectivity index (χ0v) is 14.0. The minimum Gasteiger partial charge on any atom is -0.348 e. The third-order valence-electron chi connectivity index (χ3n) is 2.89. The minimum atomic E-state index is -3.88. The van der Waals surface area contributed by atoms with Crippen LogP contribution in [0, 0.1) is 0 Å². The topological polar surface area (TPSA) is 57.6 Å². The zero-order chi connectivity index (χ0) is 14.0. The fraction of sp³-hybridized carbons (Fsp3) is 0.333. The van der Waals surface area contributed by atoms with Gasteiger partial charge in [-0.3, -0.25) is 4.55 Å². The predicted octanol–water partition coefficient (Wildman–Crippen LogP) is 3.37. The number of rotatable bonds is 4. The lowest BCUT2D eigenvalue weighted by Crippen LogP contribution is -2.23. The van der Waals surface area contributed by atoms with Crippen molar-refractivity contribution in [1.82, 2.24) is 0 Å². The van der Waals surface area contributed by atoms with Gasteiger partial charge in [-0.2, -0.15) is 8.42 Å². The second-order valence-corrected chi connectivity index (χ2v) is 7.50. The molecule has 0 radical (unpaired) electrons. The van der Waals surface area contributed by atoms with Gasteiger partial charge >= 0.3 is 0 Å². The van der Waals surface area contributed by atoms with Gasteiger partial charge in [0.1, 0.15) is 0 Å². The summed E-state index contributed by atoms with van der Waals surface area (Å²) in [5.41, 5.74) is 2.23. The van der Waals surface area contributed by atoms with E-state index in [0.29, 0.717) is 13.0 Å². The standard InChI is InChI=1S/C12H13Br2NO3S/c13-10-4-5-11-9(12(10)14)3-1-6-15(11)7-2-8-19(16,17)18/h1,4-6H,2-3,7-8H2,(H,16,17,18). The summed E-state index contributed by atoms with van der Waals surface area (Å²) < 4.78 is 32.2. The minimum absolute atomic E-state index is 0.218. The van der Waals surface area contributed by atoms with Crippen LogP contribution in [0.4, 0.5) is 5.69 Å². The first kappa shape index (κ1) is 15.0. The third kappa shape index (κ3) is 3.81. The summed E-state index contributed by atoms with van der Waals surface area (Å²) in [6.45, 7) is 0.553. The van der Waals surface area contributed by atoms with E-state index in [1.165, 1.54) is 5.56 Å². The molecule has 104 valence electrons. The number of hydrogen-bond acceptors (Lipinski definition) is 3. The Morgan fingerprint density at radius 1 is 1.32 bits per heavy atom. The summed E-state index contributed by atoms with van der Waals surface area (Å²) in [6, 6.07) is 3.96. The molecule has 0 aromatic heterocycles. The fourth-order valence-corrected chi connectivity index (χ4v) is 3.40. The SMILES string of the molecule is O=S(=O)(O)CCCN1C=CCc2c1ccc(Br)c2Br. The molecule has 7 heteroatoms. The molecule has 0 saturated carbocycles. The zero-order valence-electron chi connectivity index (χ0n) is 10.0. The number of fused-ring (bicyclic) bond motifs is 1. The fourth-order valence-electron chi connectivity index (χ4n) is 2.04. The lowest BCUT2D eigenvalue weighted by atomic mass is 10.1. The second-order valence-electron chi connectivity index (χ2n) is 4.28. The van der Waals surface area contributed by atoms with Gasteiger partial charge in [-0.1, -0.05) is 6.08 Å². The third-order valence-corrected chi connectivity index (χ3v) is 5.79. The second kappa shape index (κ2) is 5.95. The Morgan fingerprint density at radius 3 is 2.74 bits per heavy atom. The van der Waals surface area contributed by atoms with E-state index in [-0.39, 0.29) is 5.75 Å². The maximum atomic E-state index is 10.7. The molecule has 1 aromatic rings. The van der Waals surface area contributed by atoms with Crippen molar-refractivity contribution in [2.75, 3.05) is 17.2 Å². The largest absolute Gasteiger partial charge is 0.348 e. The van der Waals surface area contributed by atoms with Gasteiger partial charge in [0.2, 0.25) is 0 Å². The van der Waals surface area contributed by atoms with Crippen LogP contribution in [0.2, 0.25) is 0 Å². The summed E-state index contributed by atoms with van der Waals surface area (Å²) >= 11 is 7.02. The molecule has 2 rings (SSSR count). The lowest BCUT2D eigenvalue weighted by molar-refractivity contribution is 0.481. The van der Waals surface area contributed by atoms with Gasteiger partial charge in [0.15, 0.2) is 0 Å². The molecule has 1 aliphatic rings. The van der Waals surface area contributed by atoms with E-state index in [1.807, 2.05) is 29.3 Å². The Balaban J connectivity index is 2.15. The van der Waals surface area contributed by atoms with Crippen molar-refractivity contribution < 1.29 is 13.0 Å². The first-order valence-electron chi connectivity index (χ1n) is 5.74. The van der Waals surface area contributed by atoms with Gasteiger partial charge in [0.05, 0.1) is 5.75 Å². The summed E-state index contributed by atoms with van der Waals surface area (Å²) in [6.07, 6.45) is 5.21. The molecular weight excluding hydrogens is 398 g/mol. The van der Waals surface area contributed by atoms with E-state index in [4.69, 9.17) is 4.55 Å². The van der Waals surface area contributed by atoms with E-state index in [2.05, 4.69) is 31.9 Å². The highest BCUT2D eigenvalue weighted by atomic mass is 79.9. The molecule has 1 N–H and O–H groups in total. The molecular formula is C12H13Br2NO3S. The highest BCUT2D eigenvalue weighted by Crippen LogP contribution is 2.36. The molecule has 0 fully saturated rings. The maximum absolute atomic E-state index is 10.7. The first-order valence-corrected chi connectivity index (χ1v) is 8.93. The Kier molecular flexibility index (Phi) is 4.70. The number of hydrogen-bond donors (Lipinski definition) is 1. The molecule has 0 unspecified atom stereocenters. The van der Waals surface area contributed by atoms with Crippen molar-refractivity contribution in [2.24, 2.45) is 0 Å². The molecule has 0 amide bonds. The van der Waals surface area contributed by atoms with Crippen LogP contribution >= 0.6 is 31.9 Å². The van der Waals surface area contributed by atoms with Gasteiger partial charge in [-0.25, -0.2) is 0 Å². The molecule has 0 spiro atoms. The molecule has 1 heterocycles. The normalized spacial score (nSPS) is 14.6. The van der Waals surface area contributed by atoms with Crippen molar-refractivity contribution in [2.45, 2.75) is 12.8 Å². The predicted molar refractivity (Wildman–Crippen MR) is 83.1 cm³/mol. The first-order chi connectivity index (χ1) is 8.88. The van der Waals surface area contributed by atoms with Crippen LogP contribution in [-0.4, -0.2) is 25.3 Å². The number of anilines is 1. The monoisotopic (exact) mass is 409 g/mol. The lowest BCUT2D eigenvalue weighted by Gasteiger charge is -2.27. The molecule has 4 nitrogen and oxygen atoms in total. The Labute approximate surface area is 129 Å². The number of nitrogens with zero attached hydrogens (tertiary/aromatic N) is 1. The molecule has 0 saturated heterocycles. The van der Waals surface area contributed by atoms with E-state index >= 15 is 0 Å². The number of benzene rings is 1. The molecule has 0 bridgehead atoms. The highest BCUT2D eigenvalue weighted by Gasteiger charge is 2.17. The average molecular weight is 411 g/mol. The van der Waals surface area contributed by atoms with E-state index in [0.717, 1.165) is 21.1 Å². The maximum Gasteiger partial charge on any atom is 0.264 e. The van der Waals surface area contributed by atoms with Crippen LogP contribution < -0.4 is 4.90 Å². The molecule has 0 atom stereocenters. The van der Waals surface area contributed by atoms with Gasteiger partial charge in [-0.05, 0) is 62.4 Å². The Hall–Kier alpha value is -0.370. The van der Waals surface area contributed by atoms with Gasteiger partial charge in [-0.15, -0.1) is 0 Å². The van der Waals surface area contributed by atoms with Crippen LogP contribution in [0.25, 0.3) is 0 Å². The summed E-state index contributed by atoms with van der Waals surface area (Å²) in [4.78, 5) is 2.00. The Bertz CT molecular complexity index is 614. The summed E-state index contributed by atoms with van der Waals surface area (Å²) in [7, 11) is -3.88. The molecule has 1 aliphatic heterocycles. The van der Waals surface area contributed by atoms with Crippen LogP contribution in [0.15, 0.2) is 33.4 Å². The van der Waals surface area contributed by atoms with E-state index < -0.39 is 10.1 Å².